The van der Waals surface area contributed by atoms with Crippen LogP contribution in [-0.4, -0.2) is 18.1 Å². The highest BCUT2D eigenvalue weighted by Crippen LogP contribution is 2.25. The molecule has 0 amide bonds. The predicted molar refractivity (Wildman–Crippen MR) is 72.3 cm³/mol. The molecule has 3 heteroatoms. The highest BCUT2D eigenvalue weighted by molar-refractivity contribution is 5.84. The molecule has 0 aliphatic carbocycles. The zero-order valence-electron chi connectivity index (χ0n) is 10.7. The van der Waals surface area contributed by atoms with E-state index in [4.69, 9.17) is 0 Å². The second-order valence-corrected chi connectivity index (χ2v) is 5.39. The molecule has 0 bridgehead atoms. The maximum Gasteiger partial charge on any atom is 0.147 e. The number of benzene rings is 1. The smallest absolute Gasteiger partial charge is 0.147 e. The topological polar surface area (TPSA) is 27.8 Å². The Hall–Kier alpha value is -1.35. The van der Waals surface area contributed by atoms with Crippen molar-refractivity contribution in [3.8, 4) is 0 Å². The summed E-state index contributed by atoms with van der Waals surface area (Å²) in [5.74, 6) is 0.522. The molecule has 2 heterocycles. The number of hydrogen-bond acceptors (Lipinski definition) is 1. The molecule has 1 fully saturated rings. The lowest BCUT2D eigenvalue weighted by atomic mass is 9.91. The van der Waals surface area contributed by atoms with Crippen LogP contribution < -0.4 is 5.32 Å². The van der Waals surface area contributed by atoms with Crippen molar-refractivity contribution in [2.24, 2.45) is 5.92 Å². The summed E-state index contributed by atoms with van der Waals surface area (Å²) in [5.41, 5.74) is 2.88. The van der Waals surface area contributed by atoms with E-state index in [1.54, 1.807) is 6.07 Å². The van der Waals surface area contributed by atoms with Crippen molar-refractivity contribution in [3.05, 3.63) is 35.3 Å². The summed E-state index contributed by atoms with van der Waals surface area (Å²) in [7, 11) is 0. The van der Waals surface area contributed by atoms with Gasteiger partial charge in [-0.15, -0.1) is 0 Å². The summed E-state index contributed by atoms with van der Waals surface area (Å²) in [4.78, 5) is 3.00. The van der Waals surface area contributed by atoms with Gasteiger partial charge in [-0.1, -0.05) is 0 Å². The second kappa shape index (κ2) is 4.73. The van der Waals surface area contributed by atoms with Crippen molar-refractivity contribution < 1.29 is 4.39 Å². The van der Waals surface area contributed by atoms with Crippen molar-refractivity contribution in [1.82, 2.24) is 10.3 Å². The molecule has 2 nitrogen and oxygen atoms in total. The predicted octanol–water partition coefficient (Wildman–Crippen LogP) is 3.16. The van der Waals surface area contributed by atoms with Gasteiger partial charge < -0.3 is 10.3 Å². The van der Waals surface area contributed by atoms with Gasteiger partial charge in [0.2, 0.25) is 0 Å². The number of H-pyrrole nitrogens is 1. The van der Waals surface area contributed by atoms with Crippen LogP contribution in [0.1, 0.15) is 24.0 Å². The van der Waals surface area contributed by atoms with Crippen LogP contribution in [0, 0.1) is 18.7 Å². The molecular weight excluding hydrogens is 227 g/mol. The Labute approximate surface area is 107 Å². The van der Waals surface area contributed by atoms with Crippen LogP contribution in [-0.2, 0) is 6.42 Å². The molecule has 1 aromatic carbocycles. The van der Waals surface area contributed by atoms with Gasteiger partial charge in [0.15, 0.2) is 0 Å². The summed E-state index contributed by atoms with van der Waals surface area (Å²) in [5, 5.41) is 4.44. The Morgan fingerprint density at radius 3 is 3.06 bits per heavy atom. The van der Waals surface area contributed by atoms with Gasteiger partial charge in [-0.3, -0.25) is 0 Å². The number of nitrogens with one attached hydrogen (secondary N) is 2. The minimum atomic E-state index is -0.126. The Bertz CT molecular complexity index is 553. The van der Waals surface area contributed by atoms with Crippen molar-refractivity contribution >= 4 is 10.9 Å². The third-order valence-corrected chi connectivity index (χ3v) is 3.93. The Morgan fingerprint density at radius 1 is 1.39 bits per heavy atom. The summed E-state index contributed by atoms with van der Waals surface area (Å²) in [6, 6.07) is 3.83. The van der Waals surface area contributed by atoms with Crippen molar-refractivity contribution in [2.45, 2.75) is 26.2 Å². The summed E-state index contributed by atoms with van der Waals surface area (Å²) >= 11 is 0. The molecular formula is C15H19FN2. The fraction of sp³-hybridized carbons (Fsp3) is 0.467. The molecule has 1 aliphatic rings. The molecule has 0 radical (unpaired) electrons. The van der Waals surface area contributed by atoms with E-state index in [-0.39, 0.29) is 5.82 Å². The normalized spacial score (nSPS) is 20.4. The van der Waals surface area contributed by atoms with E-state index in [1.807, 2.05) is 13.1 Å². The van der Waals surface area contributed by atoms with E-state index in [0.29, 0.717) is 11.4 Å². The molecule has 0 spiro atoms. The largest absolute Gasteiger partial charge is 0.359 e. The Kier molecular flexibility index (Phi) is 3.08. The Balaban J connectivity index is 1.89. The van der Waals surface area contributed by atoms with Gasteiger partial charge in [-0.2, -0.15) is 0 Å². The highest BCUT2D eigenvalue weighted by atomic mass is 19.1. The standard InChI is InChI=1S/C15H19FN2/c1-10-8-18-15-13(10)6-12(7-14(15)16)5-11-3-2-4-17-9-11/h6-8,11,17-18H,2-5,9H2,1H3. The average molecular weight is 246 g/mol. The molecule has 2 N–H and O–H groups in total. The molecule has 96 valence electrons. The highest BCUT2D eigenvalue weighted by Gasteiger charge is 2.15. The van der Waals surface area contributed by atoms with E-state index in [2.05, 4.69) is 16.4 Å². The molecule has 0 saturated carbocycles. The summed E-state index contributed by atoms with van der Waals surface area (Å²) in [6.45, 7) is 4.21. The number of halogens is 1. The number of rotatable bonds is 2. The lowest BCUT2D eigenvalue weighted by Gasteiger charge is -2.22. The molecule has 18 heavy (non-hydrogen) atoms. The first-order valence-corrected chi connectivity index (χ1v) is 6.71. The van der Waals surface area contributed by atoms with Crippen LogP contribution in [0.25, 0.3) is 10.9 Å². The number of aryl methyl sites for hydroxylation is 1. The van der Waals surface area contributed by atoms with E-state index >= 15 is 0 Å². The number of aromatic amines is 1. The van der Waals surface area contributed by atoms with Crippen LogP contribution in [0.5, 0.6) is 0 Å². The van der Waals surface area contributed by atoms with Gasteiger partial charge in [0.25, 0.3) is 0 Å². The molecule has 2 aromatic rings. The maximum atomic E-state index is 14.0. The molecule has 1 aromatic heterocycles. The van der Waals surface area contributed by atoms with Gasteiger partial charge in [-0.25, -0.2) is 4.39 Å². The molecule has 1 saturated heterocycles. The van der Waals surface area contributed by atoms with Gasteiger partial charge in [-0.05, 0) is 68.5 Å². The number of piperidine rings is 1. The van der Waals surface area contributed by atoms with Gasteiger partial charge in [0, 0.05) is 11.6 Å². The van der Waals surface area contributed by atoms with E-state index in [0.717, 1.165) is 36.0 Å². The first-order chi connectivity index (χ1) is 8.74. The lowest BCUT2D eigenvalue weighted by Crippen LogP contribution is -2.30. The summed E-state index contributed by atoms with van der Waals surface area (Å²) < 4.78 is 14.0. The number of fused-ring (bicyclic) bond motifs is 1. The van der Waals surface area contributed by atoms with Crippen molar-refractivity contribution in [3.63, 3.8) is 0 Å². The maximum absolute atomic E-state index is 14.0. The van der Waals surface area contributed by atoms with E-state index in [1.165, 1.54) is 12.8 Å². The minimum Gasteiger partial charge on any atom is -0.359 e. The van der Waals surface area contributed by atoms with Crippen LogP contribution in [0.4, 0.5) is 4.39 Å². The van der Waals surface area contributed by atoms with Gasteiger partial charge >= 0.3 is 0 Å². The van der Waals surface area contributed by atoms with Gasteiger partial charge in [0.05, 0.1) is 5.52 Å². The molecule has 1 aliphatic heterocycles. The van der Waals surface area contributed by atoms with Crippen LogP contribution in [0.2, 0.25) is 0 Å². The third kappa shape index (κ3) is 2.15. The first-order valence-electron chi connectivity index (χ1n) is 6.71. The summed E-state index contributed by atoms with van der Waals surface area (Å²) in [6.07, 6.45) is 5.33. The monoisotopic (exact) mass is 246 g/mol. The first kappa shape index (κ1) is 11.7. The minimum absolute atomic E-state index is 0.126. The van der Waals surface area contributed by atoms with Gasteiger partial charge in [0.1, 0.15) is 5.82 Å². The van der Waals surface area contributed by atoms with E-state index < -0.39 is 0 Å². The van der Waals surface area contributed by atoms with Crippen molar-refractivity contribution in [2.75, 3.05) is 13.1 Å². The Morgan fingerprint density at radius 2 is 2.28 bits per heavy atom. The van der Waals surface area contributed by atoms with Crippen LogP contribution in [0.3, 0.4) is 0 Å². The van der Waals surface area contributed by atoms with Crippen LogP contribution >= 0.6 is 0 Å². The zero-order chi connectivity index (χ0) is 12.5. The molecule has 1 unspecified atom stereocenters. The quantitative estimate of drug-likeness (QED) is 0.837. The number of hydrogen-bond donors (Lipinski definition) is 2. The SMILES string of the molecule is Cc1c[nH]c2c(F)cc(CC3CCCNC3)cc12. The molecule has 3 rings (SSSR count). The van der Waals surface area contributed by atoms with E-state index in [9.17, 15) is 4.39 Å². The number of aromatic nitrogens is 1. The van der Waals surface area contributed by atoms with Crippen molar-refractivity contribution in [1.29, 1.82) is 0 Å². The second-order valence-electron chi connectivity index (χ2n) is 5.39. The fourth-order valence-electron chi connectivity index (χ4n) is 2.93. The fourth-order valence-corrected chi connectivity index (χ4v) is 2.93. The lowest BCUT2D eigenvalue weighted by molar-refractivity contribution is 0.376. The van der Waals surface area contributed by atoms with Crippen LogP contribution in [0.15, 0.2) is 18.3 Å². The third-order valence-electron chi connectivity index (χ3n) is 3.93. The average Bonchev–Trinajstić information content (AvgIpc) is 2.73. The zero-order valence-corrected chi connectivity index (χ0v) is 10.7. The molecule has 1 atom stereocenters.